The fourth-order valence-electron chi connectivity index (χ4n) is 2.30. The average Bonchev–Trinajstić information content (AvgIpc) is 3.05. The highest BCUT2D eigenvalue weighted by Crippen LogP contribution is 2.34. The number of nitrogens with two attached hydrogens (primary N) is 1. The van der Waals surface area contributed by atoms with Crippen molar-refractivity contribution >= 4 is 6.08 Å². The first kappa shape index (κ1) is 25.4. The summed E-state index contributed by atoms with van der Waals surface area (Å²) in [6.45, 7) is 21.0. The molecule has 0 spiro atoms. The van der Waals surface area contributed by atoms with Gasteiger partial charge in [-0.25, -0.2) is 5.90 Å². The van der Waals surface area contributed by atoms with Crippen LogP contribution in [0.3, 0.4) is 0 Å². The maximum absolute atomic E-state index is 6.50. The zero-order valence-corrected chi connectivity index (χ0v) is 16.9. The van der Waals surface area contributed by atoms with Gasteiger partial charge in [0.05, 0.1) is 6.61 Å². The number of allylic oxidation sites excluding steroid dienone is 3. The van der Waals surface area contributed by atoms with Gasteiger partial charge < -0.3 is 9.94 Å². The molecule has 0 aliphatic carbocycles. The summed E-state index contributed by atoms with van der Waals surface area (Å²) in [5.74, 6) is 5.03. The number of hydrogen-bond acceptors (Lipinski definition) is 3. The highest BCUT2D eigenvalue weighted by atomic mass is 16.5. The van der Waals surface area contributed by atoms with Gasteiger partial charge in [0, 0.05) is 11.5 Å². The summed E-state index contributed by atoms with van der Waals surface area (Å²) in [4.78, 5) is 0. The van der Waals surface area contributed by atoms with Crippen molar-refractivity contribution in [1.29, 1.82) is 0 Å². The zero-order chi connectivity index (χ0) is 19.8. The minimum absolute atomic E-state index is 0.493. The second-order valence-electron chi connectivity index (χ2n) is 5.27. The average molecular weight is 348 g/mol. The van der Waals surface area contributed by atoms with Crippen LogP contribution in [-0.4, -0.2) is 11.8 Å². The van der Waals surface area contributed by atoms with Crippen LogP contribution in [0.4, 0.5) is 0 Å². The molecule has 142 valence electrons. The lowest BCUT2D eigenvalue weighted by Crippen LogP contribution is -1.93. The third kappa shape index (κ3) is 8.71. The van der Waals surface area contributed by atoms with Crippen molar-refractivity contribution in [3.8, 4) is 5.75 Å². The van der Waals surface area contributed by atoms with Crippen LogP contribution in [0, 0.1) is 0 Å². The fourth-order valence-corrected chi connectivity index (χ4v) is 2.30. The van der Waals surface area contributed by atoms with Crippen LogP contribution in [0.5, 0.6) is 5.75 Å². The standard InChI is InChI=1S/C18H22O.2C2H6.H3NO/c1-5-6-7-13(2)14(3)10-16-8-9-18-17(11-16)15(4)12-19-18;3*1-2/h5,8-11,15H,1-2,6-7,12H2,3-4H3;2*1-2H3;2H,1H2/b14-10+;;;. The van der Waals surface area contributed by atoms with Crippen LogP contribution >= 0.6 is 0 Å². The lowest BCUT2D eigenvalue weighted by molar-refractivity contribution is 0.311. The summed E-state index contributed by atoms with van der Waals surface area (Å²) in [7, 11) is 0. The Morgan fingerprint density at radius 1 is 1.28 bits per heavy atom. The molecule has 0 amide bonds. The van der Waals surface area contributed by atoms with E-state index in [1.165, 1.54) is 22.3 Å². The molecule has 1 aliphatic rings. The predicted molar refractivity (Wildman–Crippen MR) is 111 cm³/mol. The van der Waals surface area contributed by atoms with E-state index in [9.17, 15) is 0 Å². The van der Waals surface area contributed by atoms with E-state index in [-0.39, 0.29) is 0 Å². The summed E-state index contributed by atoms with van der Waals surface area (Å²) in [5, 5.41) is 6.50. The number of ether oxygens (including phenoxy) is 1. The third-order valence-corrected chi connectivity index (χ3v) is 3.64. The third-order valence-electron chi connectivity index (χ3n) is 3.64. The highest BCUT2D eigenvalue weighted by molar-refractivity contribution is 5.60. The molecule has 0 saturated heterocycles. The van der Waals surface area contributed by atoms with Gasteiger partial charge in [-0.05, 0) is 43.0 Å². The van der Waals surface area contributed by atoms with Gasteiger partial charge in [0.1, 0.15) is 5.75 Å². The molecule has 1 atom stereocenters. The van der Waals surface area contributed by atoms with Gasteiger partial charge in [0.15, 0.2) is 0 Å². The first-order chi connectivity index (χ1) is 12.1. The van der Waals surface area contributed by atoms with Gasteiger partial charge in [-0.3, -0.25) is 0 Å². The maximum atomic E-state index is 6.50. The first-order valence-electron chi connectivity index (χ1n) is 9.11. The molecule has 0 saturated carbocycles. The Hall–Kier alpha value is -1.84. The molecule has 1 aromatic carbocycles. The van der Waals surface area contributed by atoms with Crippen molar-refractivity contribution in [3.05, 3.63) is 59.7 Å². The second-order valence-corrected chi connectivity index (χ2v) is 5.27. The van der Waals surface area contributed by atoms with E-state index in [2.05, 4.69) is 57.2 Å². The van der Waals surface area contributed by atoms with Crippen molar-refractivity contribution in [2.45, 2.75) is 60.3 Å². The molecule has 0 radical (unpaired) electrons. The van der Waals surface area contributed by atoms with E-state index in [1.807, 2.05) is 33.8 Å². The Bertz CT molecular complexity index is 533. The van der Waals surface area contributed by atoms with Crippen LogP contribution in [0.1, 0.15) is 71.4 Å². The van der Waals surface area contributed by atoms with Gasteiger partial charge in [-0.2, -0.15) is 0 Å². The highest BCUT2D eigenvalue weighted by Gasteiger charge is 2.19. The molecule has 1 heterocycles. The van der Waals surface area contributed by atoms with Crippen LogP contribution in [0.2, 0.25) is 0 Å². The van der Waals surface area contributed by atoms with E-state index in [1.54, 1.807) is 0 Å². The minimum atomic E-state index is 0.493. The lowest BCUT2D eigenvalue weighted by Gasteiger charge is -2.06. The van der Waals surface area contributed by atoms with Crippen molar-refractivity contribution < 1.29 is 9.94 Å². The van der Waals surface area contributed by atoms with Crippen LogP contribution < -0.4 is 10.6 Å². The van der Waals surface area contributed by atoms with E-state index >= 15 is 0 Å². The summed E-state index contributed by atoms with van der Waals surface area (Å²) in [5.41, 5.74) is 4.98. The van der Waals surface area contributed by atoms with Crippen molar-refractivity contribution in [1.82, 2.24) is 0 Å². The molecule has 0 bridgehead atoms. The Balaban J connectivity index is 0. The van der Waals surface area contributed by atoms with E-state index < -0.39 is 0 Å². The summed E-state index contributed by atoms with van der Waals surface area (Å²) < 4.78 is 5.62. The summed E-state index contributed by atoms with van der Waals surface area (Å²) in [6, 6.07) is 6.42. The second kappa shape index (κ2) is 15.7. The number of fused-ring (bicyclic) bond motifs is 1. The molecule has 1 aromatic rings. The molecule has 1 unspecified atom stereocenters. The quantitative estimate of drug-likeness (QED) is 0.363. The van der Waals surface area contributed by atoms with E-state index in [0.29, 0.717) is 5.92 Å². The fraction of sp³-hybridized carbons (Fsp3) is 0.455. The molecule has 1 aliphatic heterocycles. The summed E-state index contributed by atoms with van der Waals surface area (Å²) in [6.07, 6.45) is 6.11. The Morgan fingerprint density at radius 2 is 1.88 bits per heavy atom. The summed E-state index contributed by atoms with van der Waals surface area (Å²) >= 11 is 0. The Morgan fingerprint density at radius 3 is 2.44 bits per heavy atom. The van der Waals surface area contributed by atoms with Gasteiger partial charge in [0.25, 0.3) is 0 Å². The van der Waals surface area contributed by atoms with Crippen molar-refractivity contribution in [2.24, 2.45) is 5.90 Å². The molecular formula is C22H37NO2. The molecule has 0 aromatic heterocycles. The van der Waals surface area contributed by atoms with Gasteiger partial charge in [-0.15, -0.1) is 6.58 Å². The van der Waals surface area contributed by atoms with Crippen LogP contribution in [-0.2, 0) is 0 Å². The van der Waals surface area contributed by atoms with Gasteiger partial charge in [0.2, 0.25) is 0 Å². The molecule has 0 fully saturated rings. The topological polar surface area (TPSA) is 55.5 Å². The number of benzene rings is 1. The molecule has 3 N–H and O–H groups in total. The monoisotopic (exact) mass is 347 g/mol. The minimum Gasteiger partial charge on any atom is -0.493 e. The molecule has 3 nitrogen and oxygen atoms in total. The lowest BCUT2D eigenvalue weighted by atomic mass is 9.98. The van der Waals surface area contributed by atoms with Crippen LogP contribution in [0.15, 0.2) is 48.6 Å². The molecular weight excluding hydrogens is 310 g/mol. The Kier molecular flexibility index (Phi) is 15.9. The Labute approximate surface area is 154 Å². The van der Waals surface area contributed by atoms with Crippen molar-refractivity contribution in [3.63, 3.8) is 0 Å². The normalized spacial score (nSPS) is 14.2. The van der Waals surface area contributed by atoms with E-state index in [4.69, 9.17) is 9.94 Å². The van der Waals surface area contributed by atoms with Gasteiger partial charge >= 0.3 is 0 Å². The van der Waals surface area contributed by atoms with Crippen molar-refractivity contribution in [2.75, 3.05) is 6.61 Å². The maximum Gasteiger partial charge on any atom is 0.122 e. The first-order valence-corrected chi connectivity index (χ1v) is 9.11. The molecule has 2 rings (SSSR count). The smallest absolute Gasteiger partial charge is 0.122 e. The largest absolute Gasteiger partial charge is 0.493 e. The number of rotatable bonds is 5. The zero-order valence-electron chi connectivity index (χ0n) is 16.9. The van der Waals surface area contributed by atoms with Crippen LogP contribution in [0.25, 0.3) is 6.08 Å². The predicted octanol–water partition coefficient (Wildman–Crippen LogP) is 6.49. The SMILES string of the molecule is C=CCCC(=C)/C(C)=C/c1ccc2c(c1)C(C)CO2.CC.CC.NO. The van der Waals surface area contributed by atoms with E-state index in [0.717, 1.165) is 25.2 Å². The van der Waals surface area contributed by atoms with Gasteiger partial charge in [-0.1, -0.05) is 65.0 Å². The molecule has 3 heteroatoms. The number of hydrogen-bond donors (Lipinski definition) is 2. The molecule has 25 heavy (non-hydrogen) atoms.